The Labute approximate surface area is 211 Å². The van der Waals surface area contributed by atoms with Gasteiger partial charge < -0.3 is 15.2 Å². The molecular formula is C27H31F6NO3. The summed E-state index contributed by atoms with van der Waals surface area (Å²) in [4.78, 5) is 11.3. The van der Waals surface area contributed by atoms with Gasteiger partial charge in [-0.1, -0.05) is 38.1 Å². The summed E-state index contributed by atoms with van der Waals surface area (Å²) in [5, 5.41) is 13.0. The van der Waals surface area contributed by atoms with Crippen molar-refractivity contribution < 1.29 is 41.0 Å². The first-order valence-electron chi connectivity index (χ1n) is 12.5. The fourth-order valence-electron chi connectivity index (χ4n) is 5.67. The average Bonchev–Trinajstić information content (AvgIpc) is 2.79. The monoisotopic (exact) mass is 531 g/mol. The number of hydrogen-bond donors (Lipinski definition) is 2. The lowest BCUT2D eigenvalue weighted by molar-refractivity contribution is -0.185. The van der Waals surface area contributed by atoms with E-state index in [-0.39, 0.29) is 48.3 Å². The van der Waals surface area contributed by atoms with E-state index in [0.717, 1.165) is 5.56 Å². The Kier molecular flexibility index (Phi) is 7.44. The van der Waals surface area contributed by atoms with Crippen molar-refractivity contribution in [3.63, 3.8) is 0 Å². The molecule has 1 unspecified atom stereocenters. The number of fused-ring (bicyclic) bond motifs is 1. The molecule has 4 nitrogen and oxygen atoms in total. The quantitative estimate of drug-likeness (QED) is 0.378. The zero-order chi connectivity index (χ0) is 27.2. The summed E-state index contributed by atoms with van der Waals surface area (Å²) in [6.07, 6.45) is -8.81. The Bertz CT molecular complexity index is 1140. The van der Waals surface area contributed by atoms with Gasteiger partial charge in [0.2, 0.25) is 0 Å². The van der Waals surface area contributed by atoms with Crippen LogP contribution in [0.2, 0.25) is 0 Å². The van der Waals surface area contributed by atoms with Crippen LogP contribution in [0.5, 0.6) is 5.75 Å². The highest BCUT2D eigenvalue weighted by Crippen LogP contribution is 2.46. The molecule has 2 aromatic carbocycles. The molecule has 0 radical (unpaired) electrons. The SMILES string of the molecule is CC1(C)C(C(=O)O)C[C@@H]1NCCc1ccc2c(C(F)(F)F)c(OC3CCC(C(F)(F)F)CC3)ccc2c1. The van der Waals surface area contributed by atoms with Gasteiger partial charge in [-0.2, -0.15) is 26.3 Å². The van der Waals surface area contributed by atoms with Crippen molar-refractivity contribution in [2.75, 3.05) is 6.54 Å². The second kappa shape index (κ2) is 10.0. The number of halogens is 6. The van der Waals surface area contributed by atoms with Crippen LogP contribution in [0, 0.1) is 17.3 Å². The number of rotatable bonds is 7. The molecule has 2 N–H and O–H groups in total. The number of nitrogens with one attached hydrogen (secondary N) is 1. The Balaban J connectivity index is 1.45. The van der Waals surface area contributed by atoms with Crippen LogP contribution >= 0.6 is 0 Å². The predicted octanol–water partition coefficient (Wildman–Crippen LogP) is 6.99. The molecule has 2 aliphatic carbocycles. The summed E-state index contributed by atoms with van der Waals surface area (Å²) in [7, 11) is 0. The van der Waals surface area contributed by atoms with Gasteiger partial charge in [-0.3, -0.25) is 4.79 Å². The van der Waals surface area contributed by atoms with Crippen molar-refractivity contribution in [1.82, 2.24) is 5.32 Å². The number of carboxylic acids is 1. The second-order valence-corrected chi connectivity index (χ2v) is 10.8. The summed E-state index contributed by atoms with van der Waals surface area (Å²) in [6.45, 7) is 4.37. The van der Waals surface area contributed by atoms with Crippen molar-refractivity contribution in [1.29, 1.82) is 0 Å². The summed E-state index contributed by atoms with van der Waals surface area (Å²) < 4.78 is 86.6. The normalized spacial score (nSPS) is 26.1. The molecule has 2 atom stereocenters. The van der Waals surface area contributed by atoms with Crippen molar-refractivity contribution >= 4 is 16.7 Å². The van der Waals surface area contributed by atoms with E-state index >= 15 is 0 Å². The fraction of sp³-hybridized carbons (Fsp3) is 0.593. The minimum absolute atomic E-state index is 0.0184. The third kappa shape index (κ3) is 5.84. The largest absolute Gasteiger partial charge is 0.490 e. The predicted molar refractivity (Wildman–Crippen MR) is 126 cm³/mol. The molecule has 0 spiro atoms. The molecule has 204 valence electrons. The molecule has 0 aromatic heterocycles. The highest BCUT2D eigenvalue weighted by atomic mass is 19.4. The lowest BCUT2D eigenvalue weighted by Gasteiger charge is -2.50. The van der Waals surface area contributed by atoms with Gasteiger partial charge >= 0.3 is 18.3 Å². The first-order chi connectivity index (χ1) is 17.2. The van der Waals surface area contributed by atoms with Crippen LogP contribution in [-0.4, -0.2) is 35.9 Å². The van der Waals surface area contributed by atoms with Crippen LogP contribution in [-0.2, 0) is 17.4 Å². The maximum Gasteiger partial charge on any atom is 0.420 e. The molecule has 2 saturated carbocycles. The van der Waals surface area contributed by atoms with Crippen molar-refractivity contribution in [3.05, 3.63) is 41.5 Å². The maximum atomic E-state index is 14.1. The van der Waals surface area contributed by atoms with Gasteiger partial charge in [-0.25, -0.2) is 0 Å². The van der Waals surface area contributed by atoms with E-state index in [1.165, 1.54) is 12.1 Å². The first-order valence-corrected chi connectivity index (χ1v) is 12.5. The van der Waals surface area contributed by atoms with E-state index in [1.54, 1.807) is 18.2 Å². The van der Waals surface area contributed by atoms with Crippen LogP contribution in [0.1, 0.15) is 57.1 Å². The Morgan fingerprint density at radius 1 is 1.05 bits per heavy atom. The smallest absolute Gasteiger partial charge is 0.420 e. The molecule has 2 fully saturated rings. The van der Waals surface area contributed by atoms with Crippen molar-refractivity contribution in [2.45, 2.75) is 76.9 Å². The zero-order valence-electron chi connectivity index (χ0n) is 20.7. The first kappa shape index (κ1) is 27.5. The van der Waals surface area contributed by atoms with E-state index in [9.17, 15) is 36.2 Å². The van der Waals surface area contributed by atoms with Gasteiger partial charge in [0.1, 0.15) is 11.3 Å². The summed E-state index contributed by atoms with van der Waals surface area (Å²) in [5.74, 6) is -3.00. The van der Waals surface area contributed by atoms with E-state index in [0.29, 0.717) is 24.8 Å². The molecule has 2 aromatic rings. The number of ether oxygens (including phenoxy) is 1. The highest BCUT2D eigenvalue weighted by Gasteiger charge is 2.51. The average molecular weight is 532 g/mol. The molecule has 0 saturated heterocycles. The lowest BCUT2D eigenvalue weighted by atomic mass is 9.58. The zero-order valence-corrected chi connectivity index (χ0v) is 20.7. The van der Waals surface area contributed by atoms with Crippen LogP contribution in [0.15, 0.2) is 30.3 Å². The Hall–Kier alpha value is -2.49. The molecule has 10 heteroatoms. The number of hydrogen-bond acceptors (Lipinski definition) is 3. The highest BCUT2D eigenvalue weighted by molar-refractivity contribution is 5.89. The van der Waals surface area contributed by atoms with Crippen LogP contribution in [0.3, 0.4) is 0 Å². The van der Waals surface area contributed by atoms with E-state index in [4.69, 9.17) is 4.74 Å². The Morgan fingerprint density at radius 3 is 2.30 bits per heavy atom. The topological polar surface area (TPSA) is 58.6 Å². The molecule has 37 heavy (non-hydrogen) atoms. The number of carbonyl (C=O) groups is 1. The maximum absolute atomic E-state index is 14.1. The van der Waals surface area contributed by atoms with Crippen LogP contribution < -0.4 is 10.1 Å². The van der Waals surface area contributed by atoms with Crippen LogP contribution in [0.25, 0.3) is 10.8 Å². The minimum Gasteiger partial charge on any atom is -0.490 e. The van der Waals surface area contributed by atoms with Crippen LogP contribution in [0.4, 0.5) is 26.3 Å². The standard InChI is InChI=1S/C27H31F6NO3/c1-25(2)20(24(35)36)14-22(25)34-12-11-15-3-9-19-16(13-15)4-10-21(23(19)27(31,32)33)37-18-7-5-17(6-8-18)26(28,29)30/h3-4,9-10,13,17-18,20,22,34H,5-8,11-12,14H2,1-2H3,(H,35,36)/t17?,18?,20?,22-/m0/s1. The molecule has 4 rings (SSSR count). The Morgan fingerprint density at radius 2 is 1.73 bits per heavy atom. The third-order valence-electron chi connectivity index (χ3n) is 8.13. The molecule has 0 aliphatic heterocycles. The number of benzene rings is 2. The van der Waals surface area contributed by atoms with Gasteiger partial charge in [0.05, 0.1) is 17.9 Å². The van der Waals surface area contributed by atoms with Gasteiger partial charge in [0, 0.05) is 6.04 Å². The molecular weight excluding hydrogens is 500 g/mol. The lowest BCUT2D eigenvalue weighted by Crippen LogP contribution is -2.59. The van der Waals surface area contributed by atoms with E-state index in [1.807, 2.05) is 13.8 Å². The minimum atomic E-state index is -4.70. The summed E-state index contributed by atoms with van der Waals surface area (Å²) >= 11 is 0. The van der Waals surface area contributed by atoms with Crippen molar-refractivity contribution in [3.8, 4) is 5.75 Å². The van der Waals surface area contributed by atoms with Gasteiger partial charge in [0.25, 0.3) is 0 Å². The van der Waals surface area contributed by atoms with E-state index in [2.05, 4.69) is 5.32 Å². The van der Waals surface area contributed by atoms with Gasteiger partial charge in [-0.15, -0.1) is 0 Å². The molecule has 0 amide bonds. The number of carboxylic acid groups (broad SMARTS) is 1. The number of alkyl halides is 6. The van der Waals surface area contributed by atoms with E-state index < -0.39 is 41.8 Å². The van der Waals surface area contributed by atoms with Gasteiger partial charge in [-0.05, 0) is 72.9 Å². The van der Waals surface area contributed by atoms with Gasteiger partial charge in [0.15, 0.2) is 0 Å². The second-order valence-electron chi connectivity index (χ2n) is 10.8. The third-order valence-corrected chi connectivity index (χ3v) is 8.13. The summed E-state index contributed by atoms with van der Waals surface area (Å²) in [5.41, 5.74) is -0.457. The fourth-order valence-corrected chi connectivity index (χ4v) is 5.67. The summed E-state index contributed by atoms with van der Waals surface area (Å²) in [6, 6.07) is 7.59. The molecule has 2 aliphatic rings. The number of aliphatic carboxylic acids is 1. The molecule has 0 heterocycles. The van der Waals surface area contributed by atoms with Crippen molar-refractivity contribution in [2.24, 2.45) is 17.3 Å². The molecule has 0 bridgehead atoms.